The fraction of sp³-hybridized carbons (Fsp3) is 0.333. The van der Waals surface area contributed by atoms with Gasteiger partial charge in [0.05, 0.1) is 0 Å². The van der Waals surface area contributed by atoms with Gasteiger partial charge in [-0.15, -0.1) is 0 Å². The smallest absolute Gasteiger partial charge is 0.264 e. The molecule has 6 nitrogen and oxygen atoms in total. The Bertz CT molecular complexity index is 1060. The topological polar surface area (TPSA) is 66.8 Å². The third-order valence-electron chi connectivity index (χ3n) is 4.59. The molecule has 1 aliphatic rings. The highest BCUT2D eigenvalue weighted by Gasteiger charge is 2.18. The maximum Gasteiger partial charge on any atom is 0.264 e. The number of hydrogen-bond acceptors (Lipinski definition) is 5. The molecule has 0 aliphatic carbocycles. The summed E-state index contributed by atoms with van der Waals surface area (Å²) >= 11 is 5.61. The van der Waals surface area contributed by atoms with Gasteiger partial charge in [-0.2, -0.15) is 4.98 Å². The maximum absolute atomic E-state index is 12.7. The summed E-state index contributed by atoms with van der Waals surface area (Å²) in [6, 6.07) is 7.98. The molecule has 0 bridgehead atoms. The first-order valence-electron chi connectivity index (χ1n) is 8.40. The average Bonchev–Trinajstić information content (AvgIpc) is 3.10. The van der Waals surface area contributed by atoms with Gasteiger partial charge in [-0.1, -0.05) is 29.9 Å². The number of fused-ring (bicyclic) bond motifs is 1. The summed E-state index contributed by atoms with van der Waals surface area (Å²) in [6.07, 6.45) is 2.23. The summed E-state index contributed by atoms with van der Waals surface area (Å²) in [6.45, 7) is 5.73. The Labute approximate surface area is 150 Å². The van der Waals surface area contributed by atoms with E-state index >= 15 is 0 Å². The summed E-state index contributed by atoms with van der Waals surface area (Å²) in [5.41, 5.74) is 2.24. The highest BCUT2D eigenvalue weighted by Crippen LogP contribution is 2.19. The van der Waals surface area contributed by atoms with Crippen molar-refractivity contribution < 1.29 is 0 Å². The molecule has 0 atom stereocenters. The fourth-order valence-electron chi connectivity index (χ4n) is 3.26. The normalized spacial score (nSPS) is 14.4. The highest BCUT2D eigenvalue weighted by atomic mass is 32.1. The Morgan fingerprint density at radius 1 is 1.08 bits per heavy atom. The van der Waals surface area contributed by atoms with E-state index < -0.39 is 0 Å². The molecular weight excluding hydrogens is 334 g/mol. The summed E-state index contributed by atoms with van der Waals surface area (Å²) in [7, 11) is 0. The first-order chi connectivity index (χ1) is 12.0. The lowest BCUT2D eigenvalue weighted by atomic mass is 10.2. The van der Waals surface area contributed by atoms with Gasteiger partial charge >= 0.3 is 0 Å². The van der Waals surface area contributed by atoms with Gasteiger partial charge in [0.25, 0.3) is 5.56 Å². The molecule has 1 saturated heterocycles. The maximum atomic E-state index is 12.7. The first-order valence-corrected chi connectivity index (χ1v) is 8.81. The Balaban J connectivity index is 1.95. The molecule has 0 saturated carbocycles. The molecule has 0 spiro atoms. The minimum atomic E-state index is -0.231. The Kier molecular flexibility index (Phi) is 3.88. The summed E-state index contributed by atoms with van der Waals surface area (Å²) in [5, 5.41) is 0.365. The molecule has 25 heavy (non-hydrogen) atoms. The van der Waals surface area contributed by atoms with Crippen molar-refractivity contribution in [2.24, 2.45) is 0 Å². The second-order valence-electron chi connectivity index (χ2n) is 6.42. The zero-order valence-corrected chi connectivity index (χ0v) is 15.1. The third-order valence-corrected chi connectivity index (χ3v) is 4.98. The van der Waals surface area contributed by atoms with Gasteiger partial charge in [-0.3, -0.25) is 14.3 Å². The molecule has 1 N–H and O–H groups in total. The second kappa shape index (κ2) is 6.07. The van der Waals surface area contributed by atoms with Crippen LogP contribution in [0.3, 0.4) is 0 Å². The molecule has 3 heterocycles. The van der Waals surface area contributed by atoms with Gasteiger partial charge in [-0.25, -0.2) is 4.98 Å². The number of nitrogens with zero attached hydrogens (tertiary/aromatic N) is 4. The highest BCUT2D eigenvalue weighted by molar-refractivity contribution is 7.71. The van der Waals surface area contributed by atoms with Gasteiger partial charge in [0.1, 0.15) is 15.9 Å². The monoisotopic (exact) mass is 353 g/mol. The Morgan fingerprint density at radius 2 is 1.76 bits per heavy atom. The molecule has 0 unspecified atom stereocenters. The number of aryl methyl sites for hydroxylation is 2. The van der Waals surface area contributed by atoms with Crippen molar-refractivity contribution in [3.05, 3.63) is 50.6 Å². The Hall–Kier alpha value is -2.54. The van der Waals surface area contributed by atoms with E-state index in [1.165, 1.54) is 0 Å². The second-order valence-corrected chi connectivity index (χ2v) is 6.80. The molecule has 7 heteroatoms. The van der Waals surface area contributed by atoms with Crippen molar-refractivity contribution in [2.75, 3.05) is 18.0 Å². The van der Waals surface area contributed by atoms with Crippen molar-refractivity contribution in [3.63, 3.8) is 0 Å². The van der Waals surface area contributed by atoms with Crippen molar-refractivity contribution in [1.82, 2.24) is 19.5 Å². The molecular formula is C18H19N5OS. The number of nitrogens with one attached hydrogen (secondary N) is 1. The van der Waals surface area contributed by atoms with Crippen molar-refractivity contribution >= 4 is 29.2 Å². The third kappa shape index (κ3) is 2.74. The molecule has 0 radical (unpaired) electrons. The quantitative estimate of drug-likeness (QED) is 0.717. The van der Waals surface area contributed by atoms with Crippen LogP contribution in [0.2, 0.25) is 0 Å². The van der Waals surface area contributed by atoms with E-state index in [2.05, 4.69) is 19.9 Å². The first kappa shape index (κ1) is 16.0. The number of anilines is 1. The lowest BCUT2D eigenvalue weighted by Gasteiger charge is -2.17. The molecule has 1 aromatic carbocycles. The van der Waals surface area contributed by atoms with Gasteiger partial charge in [-0.05, 0) is 38.8 Å². The number of hydrogen-bond donors (Lipinski definition) is 1. The molecule has 3 aromatic rings. The van der Waals surface area contributed by atoms with Crippen LogP contribution in [0.4, 0.5) is 5.95 Å². The molecule has 128 valence electrons. The van der Waals surface area contributed by atoms with E-state index in [1.807, 2.05) is 42.7 Å². The van der Waals surface area contributed by atoms with Crippen LogP contribution in [0, 0.1) is 18.5 Å². The van der Waals surface area contributed by atoms with Gasteiger partial charge in [0.2, 0.25) is 5.95 Å². The Morgan fingerprint density at radius 3 is 2.44 bits per heavy atom. The number of rotatable bonds is 2. The molecule has 0 amide bonds. The van der Waals surface area contributed by atoms with Crippen molar-refractivity contribution in [2.45, 2.75) is 26.7 Å². The lowest BCUT2D eigenvalue weighted by molar-refractivity contribution is 0.875. The van der Waals surface area contributed by atoms with E-state index in [9.17, 15) is 4.79 Å². The van der Waals surface area contributed by atoms with Crippen LogP contribution in [0.1, 0.15) is 24.2 Å². The van der Waals surface area contributed by atoms with E-state index in [0.29, 0.717) is 27.4 Å². The number of aromatic nitrogens is 4. The SMILES string of the molecule is Cc1ccc(-n2c(C)nc3nc(N4CCCC4)[nH]c(=O)c3c2=S)cc1. The largest absolute Gasteiger partial charge is 0.342 e. The van der Waals surface area contributed by atoms with E-state index in [1.54, 1.807) is 0 Å². The molecule has 1 aliphatic heterocycles. The summed E-state index contributed by atoms with van der Waals surface area (Å²) in [5.74, 6) is 1.30. The predicted molar refractivity (Wildman–Crippen MR) is 101 cm³/mol. The summed E-state index contributed by atoms with van der Waals surface area (Å²) in [4.78, 5) is 26.8. The molecule has 1 fully saturated rings. The van der Waals surface area contributed by atoms with E-state index in [-0.39, 0.29) is 5.56 Å². The average molecular weight is 353 g/mol. The van der Waals surface area contributed by atoms with Crippen LogP contribution in [0.25, 0.3) is 16.7 Å². The van der Waals surface area contributed by atoms with Crippen LogP contribution in [-0.2, 0) is 0 Å². The van der Waals surface area contributed by atoms with E-state index in [4.69, 9.17) is 12.2 Å². The minimum absolute atomic E-state index is 0.231. The zero-order chi connectivity index (χ0) is 17.6. The van der Waals surface area contributed by atoms with Crippen molar-refractivity contribution in [1.29, 1.82) is 0 Å². The van der Waals surface area contributed by atoms with Crippen LogP contribution in [0.15, 0.2) is 29.1 Å². The van der Waals surface area contributed by atoms with Gasteiger partial charge in [0, 0.05) is 18.8 Å². The fourth-order valence-corrected chi connectivity index (χ4v) is 3.68. The van der Waals surface area contributed by atoms with Crippen LogP contribution in [0.5, 0.6) is 0 Å². The minimum Gasteiger partial charge on any atom is -0.342 e. The van der Waals surface area contributed by atoms with E-state index in [0.717, 1.165) is 37.2 Å². The van der Waals surface area contributed by atoms with Crippen LogP contribution in [-0.4, -0.2) is 32.6 Å². The zero-order valence-electron chi connectivity index (χ0n) is 14.2. The van der Waals surface area contributed by atoms with Crippen molar-refractivity contribution in [3.8, 4) is 5.69 Å². The van der Waals surface area contributed by atoms with Crippen LogP contribution < -0.4 is 10.5 Å². The van der Waals surface area contributed by atoms with Gasteiger partial charge < -0.3 is 4.90 Å². The standard InChI is InChI=1S/C18H19N5OS/c1-11-5-7-13(8-6-11)23-12(2)19-15-14(17(23)25)16(24)21-18(20-15)22-9-3-4-10-22/h5-8H,3-4,9-10H2,1-2H3,(H,20,21,24). The predicted octanol–water partition coefficient (Wildman–Crippen LogP) is 3.06. The van der Waals surface area contributed by atoms with Gasteiger partial charge in [0.15, 0.2) is 5.65 Å². The number of H-pyrrole nitrogens is 1. The lowest BCUT2D eigenvalue weighted by Crippen LogP contribution is -2.25. The number of benzene rings is 1. The molecule has 4 rings (SSSR count). The summed E-state index contributed by atoms with van der Waals surface area (Å²) < 4.78 is 2.26. The molecule has 2 aromatic heterocycles. The van der Waals surface area contributed by atoms with Crippen LogP contribution >= 0.6 is 12.2 Å². The number of aromatic amines is 1.